The minimum Gasteiger partial charge on any atom is -0.356 e. The Labute approximate surface area is 136 Å². The molecule has 2 fully saturated rings. The fourth-order valence-corrected chi connectivity index (χ4v) is 3.51. The summed E-state index contributed by atoms with van der Waals surface area (Å²) >= 11 is 0. The lowest BCUT2D eigenvalue weighted by Gasteiger charge is -2.27. The van der Waals surface area contributed by atoms with Crippen molar-refractivity contribution >= 4 is 5.96 Å². The van der Waals surface area contributed by atoms with E-state index in [4.69, 9.17) is 0 Å². The van der Waals surface area contributed by atoms with Crippen LogP contribution >= 0.6 is 0 Å². The summed E-state index contributed by atoms with van der Waals surface area (Å²) in [5.41, 5.74) is 0. The van der Waals surface area contributed by atoms with Gasteiger partial charge in [0.1, 0.15) is 0 Å². The van der Waals surface area contributed by atoms with E-state index >= 15 is 0 Å². The number of likely N-dealkylation sites (tertiary alicyclic amines) is 1. The van der Waals surface area contributed by atoms with Crippen LogP contribution in [0, 0.1) is 11.8 Å². The second kappa shape index (κ2) is 8.22. The Hall–Kier alpha value is -0.980. The maximum absolute atomic E-state index is 12.4. The molecule has 1 aliphatic heterocycles. The lowest BCUT2D eigenvalue weighted by molar-refractivity contribution is -0.143. The highest BCUT2D eigenvalue weighted by atomic mass is 19.4. The van der Waals surface area contributed by atoms with Gasteiger partial charge in [0, 0.05) is 32.7 Å². The molecule has 0 radical (unpaired) electrons. The normalized spacial score (nSPS) is 30.5. The van der Waals surface area contributed by atoms with Crippen LogP contribution in [0.5, 0.6) is 0 Å². The topological polar surface area (TPSA) is 39.7 Å². The van der Waals surface area contributed by atoms with Crippen LogP contribution in [0.3, 0.4) is 0 Å². The van der Waals surface area contributed by atoms with E-state index in [0.717, 1.165) is 18.9 Å². The number of guanidine groups is 1. The van der Waals surface area contributed by atoms with Gasteiger partial charge in [-0.25, -0.2) is 0 Å². The molecule has 0 spiro atoms. The minimum absolute atomic E-state index is 0.0370. The number of hydrogen-bond acceptors (Lipinski definition) is 2. The molecule has 2 N–H and O–H groups in total. The number of nitrogens with zero attached hydrogens (tertiary/aromatic N) is 2. The third-order valence-corrected chi connectivity index (χ3v) is 4.93. The molecule has 0 amide bonds. The molecule has 1 unspecified atom stereocenters. The second-order valence-electron chi connectivity index (χ2n) is 7.06. The number of halogens is 3. The molecular weight excluding hydrogens is 305 g/mol. The lowest BCUT2D eigenvalue weighted by atomic mass is 9.83. The first-order chi connectivity index (χ1) is 10.9. The van der Waals surface area contributed by atoms with Gasteiger partial charge in [0.15, 0.2) is 5.96 Å². The van der Waals surface area contributed by atoms with Crippen LogP contribution in [0.2, 0.25) is 0 Å². The van der Waals surface area contributed by atoms with Gasteiger partial charge in [-0.15, -0.1) is 0 Å². The zero-order valence-corrected chi connectivity index (χ0v) is 14.1. The Morgan fingerprint density at radius 3 is 2.48 bits per heavy atom. The average molecular weight is 334 g/mol. The number of aliphatic imine (C=N–C) groups is 1. The van der Waals surface area contributed by atoms with Gasteiger partial charge in [-0.1, -0.05) is 19.8 Å². The van der Waals surface area contributed by atoms with E-state index in [1.807, 2.05) is 0 Å². The summed E-state index contributed by atoms with van der Waals surface area (Å²) in [5, 5.41) is 6.60. The van der Waals surface area contributed by atoms with Gasteiger partial charge in [-0.2, -0.15) is 13.2 Å². The Bertz CT molecular complexity index is 389. The highest BCUT2D eigenvalue weighted by Gasteiger charge is 2.34. The van der Waals surface area contributed by atoms with E-state index in [1.165, 1.54) is 30.6 Å². The van der Waals surface area contributed by atoms with Crippen LogP contribution in [0.4, 0.5) is 13.2 Å². The maximum Gasteiger partial charge on any atom is 0.401 e. The van der Waals surface area contributed by atoms with Gasteiger partial charge in [-0.05, 0) is 31.1 Å². The molecule has 0 aromatic heterocycles. The van der Waals surface area contributed by atoms with Gasteiger partial charge in [0.05, 0.1) is 6.54 Å². The Morgan fingerprint density at radius 1 is 1.17 bits per heavy atom. The molecule has 1 atom stereocenters. The first-order valence-electron chi connectivity index (χ1n) is 8.62. The van der Waals surface area contributed by atoms with Crippen molar-refractivity contribution in [3.63, 3.8) is 0 Å². The van der Waals surface area contributed by atoms with Gasteiger partial charge in [0.25, 0.3) is 0 Å². The van der Waals surface area contributed by atoms with Crippen LogP contribution in [-0.4, -0.2) is 56.3 Å². The molecular formula is C16H29F3N4. The van der Waals surface area contributed by atoms with E-state index in [2.05, 4.69) is 22.5 Å². The molecule has 23 heavy (non-hydrogen) atoms. The van der Waals surface area contributed by atoms with Crippen LogP contribution in [-0.2, 0) is 0 Å². The van der Waals surface area contributed by atoms with Crippen molar-refractivity contribution in [3.05, 3.63) is 0 Å². The summed E-state index contributed by atoms with van der Waals surface area (Å²) in [5.74, 6) is 2.22. The molecule has 2 aliphatic rings. The summed E-state index contributed by atoms with van der Waals surface area (Å²) in [4.78, 5) is 5.66. The van der Waals surface area contributed by atoms with E-state index in [0.29, 0.717) is 25.0 Å². The number of rotatable bonds is 4. The van der Waals surface area contributed by atoms with Gasteiger partial charge in [0.2, 0.25) is 0 Å². The zero-order valence-electron chi connectivity index (χ0n) is 14.1. The average Bonchev–Trinajstić information content (AvgIpc) is 2.90. The highest BCUT2D eigenvalue weighted by molar-refractivity contribution is 5.80. The molecule has 0 bridgehead atoms. The van der Waals surface area contributed by atoms with Crippen molar-refractivity contribution in [2.24, 2.45) is 16.8 Å². The van der Waals surface area contributed by atoms with Gasteiger partial charge < -0.3 is 10.6 Å². The summed E-state index contributed by atoms with van der Waals surface area (Å²) < 4.78 is 37.3. The van der Waals surface area contributed by atoms with E-state index in [1.54, 1.807) is 7.05 Å². The standard InChI is InChI=1S/C16H29F3N4/c1-12-3-5-13(6-4-12)9-21-15(20-2)22-14-7-8-23(10-14)11-16(17,18)19/h12-14H,3-11H2,1-2H3,(H2,20,21,22). The van der Waals surface area contributed by atoms with Crippen molar-refractivity contribution in [2.45, 2.75) is 51.2 Å². The Kier molecular flexibility index (Phi) is 6.56. The van der Waals surface area contributed by atoms with Crippen molar-refractivity contribution in [1.29, 1.82) is 0 Å². The molecule has 1 aliphatic carbocycles. The number of nitrogens with one attached hydrogen (secondary N) is 2. The van der Waals surface area contributed by atoms with Crippen LogP contribution < -0.4 is 10.6 Å². The fraction of sp³-hybridized carbons (Fsp3) is 0.938. The Morgan fingerprint density at radius 2 is 1.87 bits per heavy atom. The fourth-order valence-electron chi connectivity index (χ4n) is 3.51. The monoisotopic (exact) mass is 334 g/mol. The Balaban J connectivity index is 1.69. The SMILES string of the molecule is CN=C(NCC1CCC(C)CC1)NC1CCN(CC(F)(F)F)C1. The molecule has 1 saturated heterocycles. The summed E-state index contributed by atoms with van der Waals surface area (Å²) in [6, 6.07) is 0.0370. The summed E-state index contributed by atoms with van der Waals surface area (Å²) in [6.07, 6.45) is 1.66. The predicted octanol–water partition coefficient (Wildman–Crippen LogP) is 2.61. The lowest BCUT2D eigenvalue weighted by Crippen LogP contribution is -2.46. The van der Waals surface area contributed by atoms with Crippen LogP contribution in [0.1, 0.15) is 39.0 Å². The smallest absolute Gasteiger partial charge is 0.356 e. The van der Waals surface area contributed by atoms with Crippen LogP contribution in [0.25, 0.3) is 0 Å². The second-order valence-corrected chi connectivity index (χ2v) is 7.06. The van der Waals surface area contributed by atoms with E-state index < -0.39 is 12.7 Å². The summed E-state index contributed by atoms with van der Waals surface area (Å²) in [6.45, 7) is 3.27. The van der Waals surface area contributed by atoms with Crippen LogP contribution in [0.15, 0.2) is 4.99 Å². The molecule has 1 saturated carbocycles. The zero-order chi connectivity index (χ0) is 16.9. The van der Waals surface area contributed by atoms with Crippen molar-refractivity contribution in [3.8, 4) is 0 Å². The molecule has 1 heterocycles. The van der Waals surface area contributed by atoms with E-state index in [9.17, 15) is 13.2 Å². The third kappa shape index (κ3) is 6.57. The molecule has 0 aromatic carbocycles. The van der Waals surface area contributed by atoms with Crippen molar-refractivity contribution < 1.29 is 13.2 Å². The van der Waals surface area contributed by atoms with Crippen molar-refractivity contribution in [2.75, 3.05) is 33.2 Å². The van der Waals surface area contributed by atoms with Gasteiger partial charge >= 0.3 is 6.18 Å². The maximum atomic E-state index is 12.4. The first-order valence-corrected chi connectivity index (χ1v) is 8.62. The number of hydrogen-bond donors (Lipinski definition) is 2. The van der Waals surface area contributed by atoms with Gasteiger partial charge in [-0.3, -0.25) is 9.89 Å². The predicted molar refractivity (Wildman–Crippen MR) is 86.5 cm³/mol. The summed E-state index contributed by atoms with van der Waals surface area (Å²) in [7, 11) is 1.71. The molecule has 2 rings (SSSR count). The molecule has 7 heteroatoms. The van der Waals surface area contributed by atoms with E-state index in [-0.39, 0.29) is 6.04 Å². The highest BCUT2D eigenvalue weighted by Crippen LogP contribution is 2.27. The molecule has 0 aromatic rings. The largest absolute Gasteiger partial charge is 0.401 e. The van der Waals surface area contributed by atoms with Crippen molar-refractivity contribution in [1.82, 2.24) is 15.5 Å². The minimum atomic E-state index is -4.12. The number of alkyl halides is 3. The quantitative estimate of drug-likeness (QED) is 0.613. The first kappa shape index (κ1) is 18.4. The third-order valence-electron chi connectivity index (χ3n) is 4.93. The molecule has 134 valence electrons. The molecule has 4 nitrogen and oxygen atoms in total.